The van der Waals surface area contributed by atoms with Gasteiger partial charge in [0.1, 0.15) is 0 Å². The number of rotatable bonds is 3. The lowest BCUT2D eigenvalue weighted by Crippen LogP contribution is -2.24. The molecule has 1 aromatic carbocycles. The maximum Gasteiger partial charge on any atom is 0.221 e. The van der Waals surface area contributed by atoms with Crippen LogP contribution < -0.4 is 20.1 Å². The van der Waals surface area contributed by atoms with Gasteiger partial charge >= 0.3 is 0 Å². The highest BCUT2D eigenvalue weighted by molar-refractivity contribution is 5.77. The van der Waals surface area contributed by atoms with E-state index in [1.54, 1.807) is 14.2 Å². The van der Waals surface area contributed by atoms with Gasteiger partial charge in [-0.1, -0.05) is 6.07 Å². The first-order valence-electron chi connectivity index (χ1n) is 5.96. The Morgan fingerprint density at radius 2 is 1.94 bits per heavy atom. The van der Waals surface area contributed by atoms with Gasteiger partial charge in [0.25, 0.3) is 0 Å². The Labute approximate surface area is 106 Å². The number of benzene rings is 1. The first-order chi connectivity index (χ1) is 8.74. The molecule has 0 spiro atoms. The minimum absolute atomic E-state index is 0.0207. The molecule has 1 aromatic rings. The van der Waals surface area contributed by atoms with Crippen molar-refractivity contribution in [3.8, 4) is 11.5 Å². The Hall–Kier alpha value is -1.75. The zero-order chi connectivity index (χ0) is 13.0. The van der Waals surface area contributed by atoms with Crippen LogP contribution in [-0.4, -0.2) is 33.2 Å². The number of hydrogen-bond acceptors (Lipinski definition) is 4. The minimum Gasteiger partial charge on any atom is -0.493 e. The summed E-state index contributed by atoms with van der Waals surface area (Å²) >= 11 is 0. The van der Waals surface area contributed by atoms with E-state index in [1.165, 1.54) is 0 Å². The van der Waals surface area contributed by atoms with Crippen molar-refractivity contribution in [2.45, 2.75) is 12.5 Å². The Balaban J connectivity index is 2.23. The SMILES string of the molecule is COc1ccc(C2CC(=O)NCCN2)cc1OC. The van der Waals surface area contributed by atoms with Crippen LogP contribution in [0.15, 0.2) is 18.2 Å². The van der Waals surface area contributed by atoms with Crippen LogP contribution in [0.3, 0.4) is 0 Å². The number of hydrogen-bond donors (Lipinski definition) is 2. The van der Waals surface area contributed by atoms with Gasteiger partial charge in [-0.25, -0.2) is 0 Å². The largest absolute Gasteiger partial charge is 0.493 e. The molecule has 2 N–H and O–H groups in total. The smallest absolute Gasteiger partial charge is 0.221 e. The summed E-state index contributed by atoms with van der Waals surface area (Å²) in [6.07, 6.45) is 0.440. The van der Waals surface area contributed by atoms with Crippen molar-refractivity contribution in [1.82, 2.24) is 10.6 Å². The summed E-state index contributed by atoms with van der Waals surface area (Å²) in [6.45, 7) is 1.44. The van der Waals surface area contributed by atoms with E-state index in [9.17, 15) is 4.79 Å². The van der Waals surface area contributed by atoms with Crippen molar-refractivity contribution >= 4 is 5.91 Å². The van der Waals surface area contributed by atoms with E-state index in [1.807, 2.05) is 18.2 Å². The normalized spacial score (nSPS) is 19.9. The van der Waals surface area contributed by atoms with Gasteiger partial charge in [-0.3, -0.25) is 4.79 Å². The second kappa shape index (κ2) is 5.73. The van der Waals surface area contributed by atoms with Crippen LogP contribution in [0.25, 0.3) is 0 Å². The van der Waals surface area contributed by atoms with Gasteiger partial charge in [0.2, 0.25) is 5.91 Å². The van der Waals surface area contributed by atoms with E-state index in [2.05, 4.69) is 10.6 Å². The fourth-order valence-electron chi connectivity index (χ4n) is 2.08. The lowest BCUT2D eigenvalue weighted by atomic mass is 10.0. The van der Waals surface area contributed by atoms with E-state index in [4.69, 9.17) is 9.47 Å². The van der Waals surface area contributed by atoms with Gasteiger partial charge in [-0.05, 0) is 17.7 Å². The third kappa shape index (κ3) is 2.73. The molecular formula is C13H18N2O3. The number of carbonyl (C=O) groups is 1. The van der Waals surface area contributed by atoms with E-state index in [0.717, 1.165) is 12.1 Å². The predicted molar refractivity (Wildman–Crippen MR) is 67.9 cm³/mol. The molecule has 1 amide bonds. The molecule has 2 rings (SSSR count). The predicted octanol–water partition coefficient (Wildman–Crippen LogP) is 0.854. The topological polar surface area (TPSA) is 59.6 Å². The summed E-state index contributed by atoms with van der Waals surface area (Å²) in [7, 11) is 3.21. The molecule has 98 valence electrons. The molecule has 1 aliphatic heterocycles. The van der Waals surface area contributed by atoms with Crippen LogP contribution in [0.1, 0.15) is 18.0 Å². The monoisotopic (exact) mass is 250 g/mol. The average molecular weight is 250 g/mol. The fraction of sp³-hybridized carbons (Fsp3) is 0.462. The van der Waals surface area contributed by atoms with Crippen LogP contribution >= 0.6 is 0 Å². The Bertz CT molecular complexity index is 434. The van der Waals surface area contributed by atoms with Gasteiger partial charge in [-0.2, -0.15) is 0 Å². The van der Waals surface area contributed by atoms with E-state index >= 15 is 0 Å². The van der Waals surface area contributed by atoms with Crippen molar-refractivity contribution in [1.29, 1.82) is 0 Å². The number of nitrogens with one attached hydrogen (secondary N) is 2. The lowest BCUT2D eigenvalue weighted by molar-refractivity contribution is -0.121. The van der Waals surface area contributed by atoms with Gasteiger partial charge in [-0.15, -0.1) is 0 Å². The Morgan fingerprint density at radius 3 is 2.67 bits per heavy atom. The molecule has 0 radical (unpaired) electrons. The van der Waals surface area contributed by atoms with Gasteiger partial charge in [0.05, 0.1) is 14.2 Å². The second-order valence-corrected chi connectivity index (χ2v) is 4.18. The summed E-state index contributed by atoms with van der Waals surface area (Å²) < 4.78 is 10.5. The number of carbonyl (C=O) groups excluding carboxylic acids is 1. The molecule has 1 saturated heterocycles. The van der Waals surface area contributed by atoms with Crippen molar-refractivity contribution < 1.29 is 14.3 Å². The molecule has 5 heteroatoms. The third-order valence-corrected chi connectivity index (χ3v) is 3.04. The molecule has 0 aliphatic carbocycles. The summed E-state index contributed by atoms with van der Waals surface area (Å²) in [5.41, 5.74) is 1.03. The van der Waals surface area contributed by atoms with Crippen molar-refractivity contribution in [2.75, 3.05) is 27.3 Å². The standard InChI is InChI=1S/C13H18N2O3/c1-17-11-4-3-9(7-12(11)18-2)10-8-13(16)15-6-5-14-10/h3-4,7,10,14H,5-6,8H2,1-2H3,(H,15,16). The highest BCUT2D eigenvalue weighted by atomic mass is 16.5. The molecule has 0 saturated carbocycles. The Kier molecular flexibility index (Phi) is 4.04. The first kappa shape index (κ1) is 12.7. The maximum atomic E-state index is 11.5. The van der Waals surface area contributed by atoms with Crippen LogP contribution in [0.5, 0.6) is 11.5 Å². The zero-order valence-electron chi connectivity index (χ0n) is 10.7. The third-order valence-electron chi connectivity index (χ3n) is 3.04. The molecule has 1 atom stereocenters. The summed E-state index contributed by atoms with van der Waals surface area (Å²) in [4.78, 5) is 11.5. The molecule has 1 unspecified atom stereocenters. The molecule has 0 bridgehead atoms. The van der Waals surface area contributed by atoms with Crippen LogP contribution in [0.4, 0.5) is 0 Å². The van der Waals surface area contributed by atoms with Crippen LogP contribution in [0, 0.1) is 0 Å². The fourth-order valence-corrected chi connectivity index (χ4v) is 2.08. The molecule has 1 aliphatic rings. The number of methoxy groups -OCH3 is 2. The summed E-state index contributed by atoms with van der Waals surface area (Å²) in [5, 5.41) is 6.18. The summed E-state index contributed by atoms with van der Waals surface area (Å²) in [5.74, 6) is 1.44. The van der Waals surface area contributed by atoms with Crippen molar-refractivity contribution in [3.63, 3.8) is 0 Å². The Morgan fingerprint density at radius 1 is 1.17 bits per heavy atom. The highest BCUT2D eigenvalue weighted by Crippen LogP contribution is 2.31. The van der Waals surface area contributed by atoms with Gasteiger partial charge in [0, 0.05) is 25.6 Å². The van der Waals surface area contributed by atoms with Crippen molar-refractivity contribution in [2.24, 2.45) is 0 Å². The lowest BCUT2D eigenvalue weighted by Gasteiger charge is -2.17. The second-order valence-electron chi connectivity index (χ2n) is 4.18. The molecule has 1 heterocycles. The van der Waals surface area contributed by atoms with Gasteiger partial charge < -0.3 is 20.1 Å². The number of amides is 1. The first-order valence-corrected chi connectivity index (χ1v) is 5.96. The zero-order valence-corrected chi connectivity index (χ0v) is 10.7. The molecule has 0 aromatic heterocycles. The van der Waals surface area contributed by atoms with E-state index < -0.39 is 0 Å². The van der Waals surface area contributed by atoms with E-state index in [-0.39, 0.29) is 11.9 Å². The highest BCUT2D eigenvalue weighted by Gasteiger charge is 2.19. The quantitative estimate of drug-likeness (QED) is 0.835. The minimum atomic E-state index is 0.0207. The maximum absolute atomic E-state index is 11.5. The average Bonchev–Trinajstić information content (AvgIpc) is 2.62. The van der Waals surface area contributed by atoms with Crippen LogP contribution in [-0.2, 0) is 4.79 Å². The molecular weight excluding hydrogens is 232 g/mol. The van der Waals surface area contributed by atoms with Gasteiger partial charge in [0.15, 0.2) is 11.5 Å². The number of ether oxygens (including phenoxy) is 2. The summed E-state index contributed by atoms with van der Waals surface area (Å²) in [6, 6.07) is 5.75. The molecule has 1 fully saturated rings. The van der Waals surface area contributed by atoms with E-state index in [0.29, 0.717) is 24.5 Å². The van der Waals surface area contributed by atoms with Crippen molar-refractivity contribution in [3.05, 3.63) is 23.8 Å². The molecule has 5 nitrogen and oxygen atoms in total. The molecule has 18 heavy (non-hydrogen) atoms. The van der Waals surface area contributed by atoms with Crippen LogP contribution in [0.2, 0.25) is 0 Å².